The maximum Gasteiger partial charge on any atom is 0.416 e. The fourth-order valence-corrected chi connectivity index (χ4v) is 2.71. The van der Waals surface area contributed by atoms with Crippen molar-refractivity contribution in [2.45, 2.75) is 38.2 Å². The molecule has 4 nitrogen and oxygen atoms in total. The zero-order valence-electron chi connectivity index (χ0n) is 11.4. The van der Waals surface area contributed by atoms with Gasteiger partial charge in [-0.05, 0) is 31.0 Å². The molecule has 1 unspecified atom stereocenters. The van der Waals surface area contributed by atoms with E-state index in [9.17, 15) is 13.2 Å². The van der Waals surface area contributed by atoms with E-state index in [2.05, 4.69) is 4.98 Å². The number of benzene rings is 1. The molecule has 2 heterocycles. The molecule has 3 rings (SSSR count). The average molecular weight is 299 g/mol. The summed E-state index contributed by atoms with van der Waals surface area (Å²) in [6, 6.07) is 3.61. The minimum Gasteiger partial charge on any atom is -0.376 e. The molecule has 1 aliphatic rings. The average Bonchev–Trinajstić information content (AvgIpc) is 3.05. The van der Waals surface area contributed by atoms with E-state index in [1.807, 2.05) is 4.57 Å². The van der Waals surface area contributed by atoms with E-state index in [-0.39, 0.29) is 12.6 Å². The van der Waals surface area contributed by atoms with Gasteiger partial charge in [0.1, 0.15) is 5.82 Å². The van der Waals surface area contributed by atoms with Crippen LogP contribution in [-0.4, -0.2) is 22.3 Å². The van der Waals surface area contributed by atoms with Gasteiger partial charge in [0.2, 0.25) is 0 Å². The number of hydrogen-bond donors (Lipinski definition) is 1. The van der Waals surface area contributed by atoms with Crippen molar-refractivity contribution >= 4 is 11.0 Å². The Balaban J connectivity index is 2.01. The summed E-state index contributed by atoms with van der Waals surface area (Å²) >= 11 is 0. The lowest BCUT2D eigenvalue weighted by Gasteiger charge is -2.13. The molecule has 0 saturated carbocycles. The smallest absolute Gasteiger partial charge is 0.376 e. The van der Waals surface area contributed by atoms with E-state index in [0.29, 0.717) is 23.4 Å². The Hall–Kier alpha value is -1.60. The predicted molar refractivity (Wildman–Crippen MR) is 71.6 cm³/mol. The topological polar surface area (TPSA) is 53.1 Å². The molecule has 0 aliphatic carbocycles. The maximum atomic E-state index is 12.8. The normalized spacial score (nSPS) is 19.5. The van der Waals surface area contributed by atoms with Crippen LogP contribution in [0.25, 0.3) is 11.0 Å². The Morgan fingerprint density at radius 3 is 2.81 bits per heavy atom. The molecule has 114 valence electrons. The quantitative estimate of drug-likeness (QED) is 0.948. The molecule has 0 spiro atoms. The van der Waals surface area contributed by atoms with E-state index < -0.39 is 11.7 Å². The van der Waals surface area contributed by atoms with Gasteiger partial charge < -0.3 is 15.0 Å². The number of hydrogen-bond acceptors (Lipinski definition) is 3. The molecule has 21 heavy (non-hydrogen) atoms. The molecule has 1 saturated heterocycles. The molecular formula is C14H16F3N3O. The number of nitrogens with two attached hydrogens (primary N) is 1. The van der Waals surface area contributed by atoms with Crippen molar-refractivity contribution in [2.24, 2.45) is 5.73 Å². The fourth-order valence-electron chi connectivity index (χ4n) is 2.71. The van der Waals surface area contributed by atoms with Gasteiger partial charge in [-0.1, -0.05) is 0 Å². The second kappa shape index (κ2) is 5.31. The van der Waals surface area contributed by atoms with Gasteiger partial charge in [-0.2, -0.15) is 13.2 Å². The zero-order chi connectivity index (χ0) is 15.0. The largest absolute Gasteiger partial charge is 0.416 e. The number of alkyl halides is 3. The summed E-state index contributed by atoms with van der Waals surface area (Å²) in [4.78, 5) is 4.23. The highest BCUT2D eigenvalue weighted by Gasteiger charge is 2.31. The number of imidazole rings is 1. The number of halogens is 3. The lowest BCUT2D eigenvalue weighted by atomic mass is 10.2. The Morgan fingerprint density at radius 2 is 2.19 bits per heavy atom. The number of nitrogens with zero attached hydrogens (tertiary/aromatic N) is 2. The molecule has 1 aliphatic heterocycles. The summed E-state index contributed by atoms with van der Waals surface area (Å²) < 4.78 is 45.7. The highest BCUT2D eigenvalue weighted by molar-refractivity contribution is 5.77. The Kier molecular flexibility index (Phi) is 3.62. The monoisotopic (exact) mass is 299 g/mol. The SMILES string of the molecule is NCc1nc2cc(C(F)(F)F)ccc2n1CC1CCCO1. The highest BCUT2D eigenvalue weighted by Crippen LogP contribution is 2.31. The maximum absolute atomic E-state index is 12.8. The van der Waals surface area contributed by atoms with Crippen LogP contribution in [0.5, 0.6) is 0 Å². The van der Waals surface area contributed by atoms with Gasteiger partial charge in [0, 0.05) is 6.61 Å². The third-order valence-corrected chi connectivity index (χ3v) is 3.75. The molecule has 0 bridgehead atoms. The van der Waals surface area contributed by atoms with Crippen LogP contribution in [0.2, 0.25) is 0 Å². The number of ether oxygens (including phenoxy) is 1. The van der Waals surface area contributed by atoms with Gasteiger partial charge in [0.15, 0.2) is 0 Å². The second-order valence-corrected chi connectivity index (χ2v) is 5.18. The van der Waals surface area contributed by atoms with Crippen molar-refractivity contribution in [1.82, 2.24) is 9.55 Å². The summed E-state index contributed by atoms with van der Waals surface area (Å²) in [5, 5.41) is 0. The van der Waals surface area contributed by atoms with Crippen LogP contribution >= 0.6 is 0 Å². The van der Waals surface area contributed by atoms with Crippen LogP contribution in [-0.2, 0) is 24.0 Å². The van der Waals surface area contributed by atoms with Crippen LogP contribution in [0.3, 0.4) is 0 Å². The summed E-state index contributed by atoms with van der Waals surface area (Å²) in [5.41, 5.74) is 5.96. The van der Waals surface area contributed by atoms with Crippen LogP contribution < -0.4 is 5.73 Å². The molecule has 0 amide bonds. The van der Waals surface area contributed by atoms with Crippen molar-refractivity contribution in [3.8, 4) is 0 Å². The molecular weight excluding hydrogens is 283 g/mol. The number of aromatic nitrogens is 2. The third-order valence-electron chi connectivity index (χ3n) is 3.75. The van der Waals surface area contributed by atoms with Crippen molar-refractivity contribution in [2.75, 3.05) is 6.61 Å². The summed E-state index contributed by atoms with van der Waals surface area (Å²) in [5.74, 6) is 0.583. The van der Waals surface area contributed by atoms with Crippen molar-refractivity contribution in [1.29, 1.82) is 0 Å². The van der Waals surface area contributed by atoms with E-state index in [4.69, 9.17) is 10.5 Å². The van der Waals surface area contributed by atoms with Crippen LogP contribution in [0.15, 0.2) is 18.2 Å². The molecule has 7 heteroatoms. The number of rotatable bonds is 3. The number of fused-ring (bicyclic) bond motifs is 1. The molecule has 1 aromatic heterocycles. The summed E-state index contributed by atoms with van der Waals surface area (Å²) in [6.07, 6.45) is -2.33. The van der Waals surface area contributed by atoms with Crippen molar-refractivity contribution in [3.05, 3.63) is 29.6 Å². The third kappa shape index (κ3) is 2.75. The zero-order valence-corrected chi connectivity index (χ0v) is 11.4. The minimum absolute atomic E-state index is 0.0787. The van der Waals surface area contributed by atoms with E-state index in [1.54, 1.807) is 0 Å². The van der Waals surface area contributed by atoms with Crippen molar-refractivity contribution < 1.29 is 17.9 Å². The first kappa shape index (κ1) is 14.3. The first-order chi connectivity index (χ1) is 9.99. The lowest BCUT2D eigenvalue weighted by molar-refractivity contribution is -0.137. The van der Waals surface area contributed by atoms with Gasteiger partial charge in [0.05, 0.1) is 35.8 Å². The van der Waals surface area contributed by atoms with Gasteiger partial charge in [-0.25, -0.2) is 4.98 Å². The first-order valence-corrected chi connectivity index (χ1v) is 6.87. The Bertz CT molecular complexity index is 645. The van der Waals surface area contributed by atoms with E-state index >= 15 is 0 Å². The fraction of sp³-hybridized carbons (Fsp3) is 0.500. The predicted octanol–water partition coefficient (Wildman–Crippen LogP) is 2.69. The lowest BCUT2D eigenvalue weighted by Crippen LogP contribution is -2.18. The molecule has 2 N–H and O–H groups in total. The molecule has 1 fully saturated rings. The van der Waals surface area contributed by atoms with Gasteiger partial charge in [0.25, 0.3) is 0 Å². The van der Waals surface area contributed by atoms with E-state index in [1.165, 1.54) is 6.07 Å². The second-order valence-electron chi connectivity index (χ2n) is 5.18. The summed E-state index contributed by atoms with van der Waals surface area (Å²) in [7, 11) is 0. The summed E-state index contributed by atoms with van der Waals surface area (Å²) in [6.45, 7) is 1.49. The molecule has 2 aromatic rings. The van der Waals surface area contributed by atoms with Gasteiger partial charge in [-0.15, -0.1) is 0 Å². The molecule has 1 aromatic carbocycles. The van der Waals surface area contributed by atoms with Gasteiger partial charge >= 0.3 is 6.18 Å². The first-order valence-electron chi connectivity index (χ1n) is 6.87. The van der Waals surface area contributed by atoms with Crippen LogP contribution in [0, 0.1) is 0 Å². The Labute approximate surface area is 119 Å². The van der Waals surface area contributed by atoms with Crippen molar-refractivity contribution in [3.63, 3.8) is 0 Å². The van der Waals surface area contributed by atoms with Crippen LogP contribution in [0.4, 0.5) is 13.2 Å². The van der Waals surface area contributed by atoms with Gasteiger partial charge in [-0.3, -0.25) is 0 Å². The minimum atomic E-state index is -4.37. The molecule has 1 atom stereocenters. The van der Waals surface area contributed by atoms with Crippen LogP contribution in [0.1, 0.15) is 24.2 Å². The Morgan fingerprint density at radius 1 is 1.38 bits per heavy atom. The highest BCUT2D eigenvalue weighted by atomic mass is 19.4. The molecule has 0 radical (unpaired) electrons. The van der Waals surface area contributed by atoms with E-state index in [0.717, 1.165) is 31.6 Å². The standard InChI is InChI=1S/C14H16F3N3O/c15-14(16,17)9-3-4-12-11(6-9)19-13(7-18)20(12)8-10-2-1-5-21-10/h3-4,6,10H,1-2,5,7-8,18H2.